The lowest BCUT2D eigenvalue weighted by Crippen LogP contribution is -2.06. The van der Waals surface area contributed by atoms with Crippen LogP contribution in [0.3, 0.4) is 0 Å². The molecule has 3 nitrogen and oxygen atoms in total. The number of fused-ring (bicyclic) bond motifs is 1. The van der Waals surface area contributed by atoms with Crippen LogP contribution < -0.4 is 10.1 Å². The average Bonchev–Trinajstić information content (AvgIpc) is 2.49. The van der Waals surface area contributed by atoms with Gasteiger partial charge in [0.2, 0.25) is 0 Å². The first-order valence-corrected chi connectivity index (χ1v) is 7.04. The van der Waals surface area contributed by atoms with Gasteiger partial charge in [0.15, 0.2) is 0 Å². The van der Waals surface area contributed by atoms with Crippen molar-refractivity contribution in [2.75, 3.05) is 7.05 Å². The van der Waals surface area contributed by atoms with Crippen molar-refractivity contribution in [1.29, 1.82) is 0 Å². The fraction of sp³-hybridized carbons (Fsp3) is 0.167. The summed E-state index contributed by atoms with van der Waals surface area (Å²) in [6.07, 6.45) is 0. The fourth-order valence-electron chi connectivity index (χ4n) is 2.41. The number of ether oxygens (including phenoxy) is 1. The lowest BCUT2D eigenvalue weighted by molar-refractivity contribution is 0.479. The third kappa shape index (κ3) is 2.88. The van der Waals surface area contributed by atoms with Gasteiger partial charge in [0.05, 0.1) is 5.52 Å². The van der Waals surface area contributed by atoms with E-state index in [1.54, 1.807) is 0 Å². The van der Waals surface area contributed by atoms with E-state index in [1.807, 2.05) is 62.5 Å². The Kier molecular flexibility index (Phi) is 3.84. The summed E-state index contributed by atoms with van der Waals surface area (Å²) in [5.74, 6) is 1.73. The molecule has 0 amide bonds. The summed E-state index contributed by atoms with van der Waals surface area (Å²) in [6, 6.07) is 18.1. The smallest absolute Gasteiger partial charge is 0.138 e. The lowest BCUT2D eigenvalue weighted by atomic mass is 10.1. The lowest BCUT2D eigenvalue weighted by Gasteiger charge is -2.13. The van der Waals surface area contributed by atoms with Crippen LogP contribution in [0.1, 0.15) is 11.3 Å². The number of nitrogens with one attached hydrogen (secondary N) is 1. The third-order valence-electron chi connectivity index (χ3n) is 3.37. The molecule has 0 saturated carbocycles. The van der Waals surface area contributed by atoms with E-state index in [4.69, 9.17) is 4.74 Å². The van der Waals surface area contributed by atoms with E-state index in [-0.39, 0.29) is 0 Å². The molecule has 0 bridgehead atoms. The van der Waals surface area contributed by atoms with Gasteiger partial charge in [0.1, 0.15) is 11.5 Å². The zero-order valence-electron chi connectivity index (χ0n) is 12.3. The predicted octanol–water partition coefficient (Wildman–Crippen LogP) is 4.05. The van der Waals surface area contributed by atoms with Gasteiger partial charge >= 0.3 is 0 Å². The van der Waals surface area contributed by atoms with Gasteiger partial charge in [-0.3, -0.25) is 4.98 Å². The second-order valence-corrected chi connectivity index (χ2v) is 5.02. The highest BCUT2D eigenvalue weighted by molar-refractivity contribution is 5.85. The number of aromatic nitrogens is 1. The van der Waals surface area contributed by atoms with Crippen LogP contribution in [0.15, 0.2) is 54.6 Å². The molecule has 1 heterocycles. The molecule has 0 radical (unpaired) electrons. The van der Waals surface area contributed by atoms with Gasteiger partial charge < -0.3 is 10.1 Å². The van der Waals surface area contributed by atoms with Crippen LogP contribution in [0.5, 0.6) is 11.5 Å². The summed E-state index contributed by atoms with van der Waals surface area (Å²) >= 11 is 0. The molecule has 3 rings (SSSR count). The number of para-hydroxylation sites is 2. The van der Waals surface area contributed by atoms with Crippen LogP contribution in [-0.4, -0.2) is 12.0 Å². The van der Waals surface area contributed by atoms with Crippen molar-refractivity contribution in [2.24, 2.45) is 0 Å². The third-order valence-corrected chi connectivity index (χ3v) is 3.37. The molecule has 0 spiro atoms. The molecule has 1 aromatic heterocycles. The van der Waals surface area contributed by atoms with Crippen molar-refractivity contribution in [3.8, 4) is 11.5 Å². The number of hydrogen-bond acceptors (Lipinski definition) is 3. The second-order valence-electron chi connectivity index (χ2n) is 5.02. The molecule has 3 heteroatoms. The Balaban J connectivity index is 2.06. The summed E-state index contributed by atoms with van der Waals surface area (Å²) < 4.78 is 6.18. The largest absolute Gasteiger partial charge is 0.456 e. The van der Waals surface area contributed by atoms with Gasteiger partial charge in [-0.15, -0.1) is 0 Å². The first kappa shape index (κ1) is 13.6. The summed E-state index contributed by atoms with van der Waals surface area (Å²) in [7, 11) is 1.93. The van der Waals surface area contributed by atoms with Gasteiger partial charge in [-0.1, -0.05) is 30.3 Å². The topological polar surface area (TPSA) is 34.1 Å². The first-order valence-electron chi connectivity index (χ1n) is 7.04. The summed E-state index contributed by atoms with van der Waals surface area (Å²) in [5.41, 5.74) is 3.05. The predicted molar refractivity (Wildman–Crippen MR) is 85.8 cm³/mol. The SMILES string of the molecule is CNCc1ccccc1Oc1cc(C)nc2ccccc12. The molecule has 0 aliphatic heterocycles. The molecular formula is C18H18N2O. The van der Waals surface area contributed by atoms with Crippen molar-refractivity contribution in [3.05, 3.63) is 65.9 Å². The maximum atomic E-state index is 6.18. The van der Waals surface area contributed by atoms with E-state index in [0.717, 1.165) is 40.2 Å². The van der Waals surface area contributed by atoms with E-state index in [0.29, 0.717) is 0 Å². The zero-order chi connectivity index (χ0) is 14.7. The maximum Gasteiger partial charge on any atom is 0.138 e. The van der Waals surface area contributed by atoms with Crippen molar-refractivity contribution in [2.45, 2.75) is 13.5 Å². The molecule has 21 heavy (non-hydrogen) atoms. The minimum absolute atomic E-state index is 0.776. The molecule has 0 atom stereocenters. The first-order chi connectivity index (χ1) is 10.3. The summed E-state index contributed by atoms with van der Waals surface area (Å²) in [4.78, 5) is 4.54. The van der Waals surface area contributed by atoms with Gasteiger partial charge in [-0.2, -0.15) is 0 Å². The molecule has 3 aromatic rings. The van der Waals surface area contributed by atoms with Gasteiger partial charge in [-0.25, -0.2) is 0 Å². The van der Waals surface area contributed by atoms with Crippen molar-refractivity contribution in [1.82, 2.24) is 10.3 Å². The molecule has 0 fully saturated rings. The molecule has 1 N–H and O–H groups in total. The maximum absolute atomic E-state index is 6.18. The molecule has 0 aliphatic carbocycles. The number of nitrogens with zero attached hydrogens (tertiary/aromatic N) is 1. The summed E-state index contributed by atoms with van der Waals surface area (Å²) in [5, 5.41) is 4.20. The Morgan fingerprint density at radius 2 is 1.76 bits per heavy atom. The Morgan fingerprint density at radius 3 is 2.62 bits per heavy atom. The number of rotatable bonds is 4. The Labute approximate surface area is 124 Å². The normalized spacial score (nSPS) is 10.8. The highest BCUT2D eigenvalue weighted by Gasteiger charge is 2.08. The molecule has 0 aliphatic rings. The Morgan fingerprint density at radius 1 is 1.00 bits per heavy atom. The van der Waals surface area contributed by atoms with Gasteiger partial charge in [0.25, 0.3) is 0 Å². The van der Waals surface area contributed by atoms with E-state index in [9.17, 15) is 0 Å². The van der Waals surface area contributed by atoms with Gasteiger partial charge in [0, 0.05) is 29.3 Å². The highest BCUT2D eigenvalue weighted by Crippen LogP contribution is 2.31. The zero-order valence-corrected chi connectivity index (χ0v) is 12.3. The molecule has 2 aromatic carbocycles. The number of aryl methyl sites for hydroxylation is 1. The van der Waals surface area contributed by atoms with Crippen LogP contribution in [0, 0.1) is 6.92 Å². The minimum Gasteiger partial charge on any atom is -0.456 e. The van der Waals surface area contributed by atoms with Crippen LogP contribution in [-0.2, 0) is 6.54 Å². The van der Waals surface area contributed by atoms with Crippen molar-refractivity contribution < 1.29 is 4.74 Å². The van der Waals surface area contributed by atoms with Crippen molar-refractivity contribution in [3.63, 3.8) is 0 Å². The van der Waals surface area contributed by atoms with E-state index in [1.165, 1.54) is 0 Å². The van der Waals surface area contributed by atoms with E-state index >= 15 is 0 Å². The van der Waals surface area contributed by atoms with Gasteiger partial charge in [-0.05, 0) is 32.2 Å². The highest BCUT2D eigenvalue weighted by atomic mass is 16.5. The Bertz CT molecular complexity index is 768. The minimum atomic E-state index is 0.776. The molecule has 0 unspecified atom stereocenters. The average molecular weight is 278 g/mol. The summed E-state index contributed by atoms with van der Waals surface area (Å²) in [6.45, 7) is 2.76. The van der Waals surface area contributed by atoms with Crippen molar-refractivity contribution >= 4 is 10.9 Å². The second kappa shape index (κ2) is 5.94. The number of benzene rings is 2. The van der Waals surface area contributed by atoms with Crippen LogP contribution >= 0.6 is 0 Å². The standard InChI is InChI=1S/C18H18N2O/c1-13-11-18(15-8-4-5-9-16(15)20-13)21-17-10-6-3-7-14(17)12-19-2/h3-11,19H,12H2,1-2H3. The number of hydrogen-bond donors (Lipinski definition) is 1. The Hall–Kier alpha value is -2.39. The van der Waals surface area contributed by atoms with Crippen LogP contribution in [0.25, 0.3) is 10.9 Å². The molecular weight excluding hydrogens is 260 g/mol. The monoisotopic (exact) mass is 278 g/mol. The quantitative estimate of drug-likeness (QED) is 0.781. The fourth-order valence-corrected chi connectivity index (χ4v) is 2.41. The molecule has 0 saturated heterocycles. The van der Waals surface area contributed by atoms with E-state index in [2.05, 4.69) is 16.4 Å². The van der Waals surface area contributed by atoms with Crippen LogP contribution in [0.2, 0.25) is 0 Å². The number of pyridine rings is 1. The molecule has 106 valence electrons. The van der Waals surface area contributed by atoms with E-state index < -0.39 is 0 Å². The van der Waals surface area contributed by atoms with Crippen LogP contribution in [0.4, 0.5) is 0 Å².